The number of hydrogen-bond donors (Lipinski definition) is 1. The maximum atomic E-state index is 13.4. The van der Waals surface area contributed by atoms with Gasteiger partial charge in [0.25, 0.3) is 5.91 Å². The maximum absolute atomic E-state index is 13.4. The Morgan fingerprint density at radius 2 is 1.83 bits per heavy atom. The normalized spacial score (nSPS) is 14.5. The topological polar surface area (TPSA) is 63.7 Å². The Kier molecular flexibility index (Phi) is 5.62. The third-order valence-corrected chi connectivity index (χ3v) is 5.25. The van der Waals surface area contributed by atoms with Gasteiger partial charge in [0.05, 0.1) is 31.0 Å². The zero-order valence-corrected chi connectivity index (χ0v) is 16.8. The number of rotatable bonds is 4. The van der Waals surface area contributed by atoms with E-state index < -0.39 is 0 Å². The van der Waals surface area contributed by atoms with Crippen LogP contribution in [0.15, 0.2) is 48.5 Å². The van der Waals surface area contributed by atoms with E-state index in [4.69, 9.17) is 14.5 Å². The zero-order valence-electron chi connectivity index (χ0n) is 16.8. The first-order chi connectivity index (χ1) is 14.2. The number of methoxy groups -OCH3 is 2. The molecule has 1 amide bonds. The molecule has 6 heteroatoms. The minimum absolute atomic E-state index is 0.0500. The van der Waals surface area contributed by atoms with Gasteiger partial charge in [0.2, 0.25) is 0 Å². The van der Waals surface area contributed by atoms with Crippen LogP contribution in [0.2, 0.25) is 0 Å². The summed E-state index contributed by atoms with van der Waals surface area (Å²) in [6.45, 7) is 3.23. The fraction of sp³-hybridized carbons (Fsp3) is 0.304. The number of ether oxygens (including phenoxy) is 2. The predicted molar refractivity (Wildman–Crippen MR) is 114 cm³/mol. The van der Waals surface area contributed by atoms with Gasteiger partial charge >= 0.3 is 0 Å². The number of hydrogen-bond acceptors (Lipinski definition) is 5. The monoisotopic (exact) mass is 391 g/mol. The van der Waals surface area contributed by atoms with Crippen LogP contribution >= 0.6 is 0 Å². The van der Waals surface area contributed by atoms with Crippen molar-refractivity contribution in [3.8, 4) is 22.8 Å². The average molecular weight is 391 g/mol. The molecule has 0 aliphatic carbocycles. The van der Waals surface area contributed by atoms with Crippen molar-refractivity contribution in [1.29, 1.82) is 0 Å². The molecule has 2 aromatic carbocycles. The quantitative estimate of drug-likeness (QED) is 0.739. The van der Waals surface area contributed by atoms with E-state index in [-0.39, 0.29) is 5.91 Å². The van der Waals surface area contributed by atoms with Crippen molar-refractivity contribution in [2.24, 2.45) is 0 Å². The van der Waals surface area contributed by atoms with Crippen molar-refractivity contribution in [2.75, 3.05) is 40.4 Å². The van der Waals surface area contributed by atoms with Crippen LogP contribution in [0.3, 0.4) is 0 Å². The Bertz CT molecular complexity index is 1030. The molecule has 0 radical (unpaired) electrons. The van der Waals surface area contributed by atoms with Gasteiger partial charge < -0.3 is 19.7 Å². The molecule has 1 saturated heterocycles. The van der Waals surface area contributed by atoms with Gasteiger partial charge in [0.15, 0.2) is 11.5 Å². The lowest BCUT2D eigenvalue weighted by molar-refractivity contribution is 0.0768. The Hall–Kier alpha value is -3.12. The van der Waals surface area contributed by atoms with Crippen LogP contribution in [-0.2, 0) is 0 Å². The maximum Gasteiger partial charge on any atom is 0.254 e. The van der Waals surface area contributed by atoms with Crippen LogP contribution in [-0.4, -0.2) is 56.2 Å². The van der Waals surface area contributed by atoms with Gasteiger partial charge in [-0.2, -0.15) is 0 Å². The van der Waals surface area contributed by atoms with Crippen molar-refractivity contribution in [3.05, 3.63) is 54.1 Å². The molecule has 29 heavy (non-hydrogen) atoms. The molecule has 1 fully saturated rings. The number of carbonyl (C=O) groups excluding carboxylic acids is 1. The van der Waals surface area contributed by atoms with Crippen molar-refractivity contribution < 1.29 is 14.3 Å². The summed E-state index contributed by atoms with van der Waals surface area (Å²) in [7, 11) is 3.22. The van der Waals surface area contributed by atoms with E-state index in [2.05, 4.69) is 5.32 Å². The highest BCUT2D eigenvalue weighted by atomic mass is 16.5. The van der Waals surface area contributed by atoms with Crippen LogP contribution in [0.25, 0.3) is 22.2 Å². The number of nitrogens with one attached hydrogen (secondary N) is 1. The molecule has 150 valence electrons. The SMILES string of the molecule is COc1ccc(-c2cc(C(=O)N3CCCNCC3)c3ccccc3n2)cc1OC. The van der Waals surface area contributed by atoms with Gasteiger partial charge in [-0.05, 0) is 43.3 Å². The lowest BCUT2D eigenvalue weighted by atomic mass is 10.0. The van der Waals surface area contributed by atoms with Crippen LogP contribution in [0.5, 0.6) is 11.5 Å². The van der Waals surface area contributed by atoms with E-state index in [1.165, 1.54) is 0 Å². The van der Waals surface area contributed by atoms with E-state index in [1.807, 2.05) is 53.4 Å². The van der Waals surface area contributed by atoms with Crippen LogP contribution < -0.4 is 14.8 Å². The molecular weight excluding hydrogens is 366 g/mol. The first-order valence-corrected chi connectivity index (χ1v) is 9.83. The fourth-order valence-electron chi connectivity index (χ4n) is 3.71. The fourth-order valence-corrected chi connectivity index (χ4v) is 3.71. The summed E-state index contributed by atoms with van der Waals surface area (Å²) in [5.74, 6) is 1.34. The van der Waals surface area contributed by atoms with Crippen LogP contribution in [0.4, 0.5) is 0 Å². The van der Waals surface area contributed by atoms with E-state index in [0.29, 0.717) is 23.6 Å². The molecule has 6 nitrogen and oxygen atoms in total. The first-order valence-electron chi connectivity index (χ1n) is 9.83. The van der Waals surface area contributed by atoms with Crippen LogP contribution in [0, 0.1) is 0 Å². The molecule has 0 spiro atoms. The van der Waals surface area contributed by atoms with Gasteiger partial charge in [0, 0.05) is 30.6 Å². The summed E-state index contributed by atoms with van der Waals surface area (Å²) in [6, 6.07) is 15.4. The number of benzene rings is 2. The Balaban J connectivity index is 1.81. The number of nitrogens with zero attached hydrogens (tertiary/aromatic N) is 2. The van der Waals surface area contributed by atoms with Gasteiger partial charge in [-0.3, -0.25) is 4.79 Å². The predicted octanol–water partition coefficient (Wildman–Crippen LogP) is 3.35. The summed E-state index contributed by atoms with van der Waals surface area (Å²) in [5.41, 5.74) is 3.10. The zero-order chi connectivity index (χ0) is 20.2. The lowest BCUT2D eigenvalue weighted by Gasteiger charge is -2.21. The second-order valence-corrected chi connectivity index (χ2v) is 7.04. The standard InChI is InChI=1S/C23H25N3O3/c1-28-21-9-8-16(14-22(21)29-2)20-15-18(17-6-3-4-7-19(17)25-20)23(27)26-12-5-10-24-11-13-26/h3-4,6-9,14-15,24H,5,10-13H2,1-2H3. The van der Waals surface area contributed by atoms with Crippen molar-refractivity contribution in [1.82, 2.24) is 15.2 Å². The van der Waals surface area contributed by atoms with E-state index >= 15 is 0 Å². The highest BCUT2D eigenvalue weighted by Gasteiger charge is 2.21. The third kappa shape index (κ3) is 3.89. The molecular formula is C23H25N3O3. The molecule has 4 rings (SSSR count). The minimum Gasteiger partial charge on any atom is -0.493 e. The molecule has 1 aliphatic rings. The molecule has 1 aromatic heterocycles. The number of pyridine rings is 1. The molecule has 0 unspecified atom stereocenters. The van der Waals surface area contributed by atoms with E-state index in [1.54, 1.807) is 14.2 Å². The van der Waals surface area contributed by atoms with Crippen molar-refractivity contribution in [2.45, 2.75) is 6.42 Å². The average Bonchev–Trinajstić information content (AvgIpc) is 3.07. The number of para-hydroxylation sites is 1. The highest BCUT2D eigenvalue weighted by molar-refractivity contribution is 6.07. The van der Waals surface area contributed by atoms with E-state index in [9.17, 15) is 4.79 Å². The highest BCUT2D eigenvalue weighted by Crippen LogP contribution is 2.33. The summed E-state index contributed by atoms with van der Waals surface area (Å²) in [5, 5.41) is 4.22. The van der Waals surface area contributed by atoms with Gasteiger partial charge in [-0.15, -0.1) is 0 Å². The Morgan fingerprint density at radius 1 is 1.00 bits per heavy atom. The van der Waals surface area contributed by atoms with E-state index in [0.717, 1.165) is 48.2 Å². The summed E-state index contributed by atoms with van der Waals surface area (Å²) >= 11 is 0. The second kappa shape index (κ2) is 8.49. The summed E-state index contributed by atoms with van der Waals surface area (Å²) < 4.78 is 10.8. The minimum atomic E-state index is 0.0500. The number of fused-ring (bicyclic) bond motifs is 1. The Morgan fingerprint density at radius 3 is 2.66 bits per heavy atom. The smallest absolute Gasteiger partial charge is 0.254 e. The summed E-state index contributed by atoms with van der Waals surface area (Å²) in [6.07, 6.45) is 0.956. The van der Waals surface area contributed by atoms with Gasteiger partial charge in [0.1, 0.15) is 0 Å². The molecule has 3 aromatic rings. The summed E-state index contributed by atoms with van der Waals surface area (Å²) in [4.78, 5) is 20.1. The molecule has 1 N–H and O–H groups in total. The largest absolute Gasteiger partial charge is 0.493 e. The lowest BCUT2D eigenvalue weighted by Crippen LogP contribution is -2.34. The van der Waals surface area contributed by atoms with Crippen molar-refractivity contribution >= 4 is 16.8 Å². The molecule has 0 atom stereocenters. The first kappa shape index (κ1) is 19.2. The third-order valence-electron chi connectivity index (χ3n) is 5.25. The number of aromatic nitrogens is 1. The number of carbonyl (C=O) groups is 1. The molecule has 2 heterocycles. The van der Waals surface area contributed by atoms with Gasteiger partial charge in [-0.1, -0.05) is 18.2 Å². The second-order valence-electron chi connectivity index (χ2n) is 7.04. The van der Waals surface area contributed by atoms with Crippen LogP contribution in [0.1, 0.15) is 16.8 Å². The van der Waals surface area contributed by atoms with Gasteiger partial charge in [-0.25, -0.2) is 4.98 Å². The number of amides is 1. The van der Waals surface area contributed by atoms with Crippen molar-refractivity contribution in [3.63, 3.8) is 0 Å². The Labute approximate surface area is 170 Å². The molecule has 0 saturated carbocycles. The molecule has 1 aliphatic heterocycles. The molecule has 0 bridgehead atoms.